The fraction of sp³-hybridized carbons (Fsp3) is 0.889. The van der Waals surface area contributed by atoms with Gasteiger partial charge in [-0.3, -0.25) is 4.79 Å². The molecule has 1 fully saturated rings. The van der Waals surface area contributed by atoms with Crippen LogP contribution in [0.25, 0.3) is 0 Å². The van der Waals surface area contributed by atoms with Crippen molar-refractivity contribution in [3.8, 4) is 0 Å². The third-order valence-corrected chi connectivity index (χ3v) is 1.88. The number of rotatable bonds is 3. The molecule has 1 heterocycles. The Balaban J connectivity index is 2.18. The smallest absolute Gasteiger partial charge is 0.302 e. The van der Waals surface area contributed by atoms with Crippen LogP contribution in [0.1, 0.15) is 26.7 Å². The molecule has 1 saturated heterocycles. The summed E-state index contributed by atoms with van der Waals surface area (Å²) in [5.41, 5.74) is 0. The summed E-state index contributed by atoms with van der Waals surface area (Å²) in [6.45, 7) is 4.45. The zero-order chi connectivity index (χ0) is 9.68. The van der Waals surface area contributed by atoms with Gasteiger partial charge in [-0.15, -0.1) is 0 Å². The first-order valence-electron chi connectivity index (χ1n) is 4.62. The second-order valence-electron chi connectivity index (χ2n) is 3.03. The van der Waals surface area contributed by atoms with Crippen molar-refractivity contribution in [3.05, 3.63) is 0 Å². The van der Waals surface area contributed by atoms with E-state index in [1.165, 1.54) is 6.92 Å². The predicted octanol–water partition coefficient (Wildman–Crippen LogP) is 1.09. The van der Waals surface area contributed by atoms with Gasteiger partial charge in [0.2, 0.25) is 0 Å². The van der Waals surface area contributed by atoms with E-state index in [-0.39, 0.29) is 18.4 Å². The molecule has 0 spiro atoms. The Morgan fingerprint density at radius 1 is 1.54 bits per heavy atom. The minimum atomic E-state index is -0.247. The zero-order valence-electron chi connectivity index (χ0n) is 8.12. The molecule has 1 rings (SSSR count). The SMILES string of the molecule is CCOC1CCC(OC(C)=O)CO1. The zero-order valence-corrected chi connectivity index (χ0v) is 8.12. The van der Waals surface area contributed by atoms with Gasteiger partial charge in [0.1, 0.15) is 6.10 Å². The molecule has 0 aromatic rings. The minimum Gasteiger partial charge on any atom is -0.460 e. The Bertz CT molecular complexity index is 161. The molecule has 0 bridgehead atoms. The summed E-state index contributed by atoms with van der Waals surface area (Å²) in [7, 11) is 0. The summed E-state index contributed by atoms with van der Waals surface area (Å²) >= 11 is 0. The highest BCUT2D eigenvalue weighted by Crippen LogP contribution is 2.16. The molecule has 0 saturated carbocycles. The van der Waals surface area contributed by atoms with Crippen LogP contribution in [-0.4, -0.2) is 31.6 Å². The third kappa shape index (κ3) is 3.74. The molecule has 1 aliphatic rings. The topological polar surface area (TPSA) is 44.8 Å². The Labute approximate surface area is 78.2 Å². The standard InChI is InChI=1S/C9H16O4/c1-3-11-9-5-4-8(6-12-9)13-7(2)10/h8-9H,3-6H2,1-2H3. The number of hydrogen-bond acceptors (Lipinski definition) is 4. The van der Waals surface area contributed by atoms with Gasteiger partial charge in [0.25, 0.3) is 0 Å². The lowest BCUT2D eigenvalue weighted by Gasteiger charge is -2.28. The van der Waals surface area contributed by atoms with Gasteiger partial charge in [-0.05, 0) is 13.3 Å². The average molecular weight is 188 g/mol. The van der Waals surface area contributed by atoms with Crippen LogP contribution in [0.4, 0.5) is 0 Å². The van der Waals surface area contributed by atoms with Crippen LogP contribution < -0.4 is 0 Å². The minimum absolute atomic E-state index is 0.0887. The van der Waals surface area contributed by atoms with E-state index in [1.54, 1.807) is 0 Å². The maximum Gasteiger partial charge on any atom is 0.302 e. The Morgan fingerprint density at radius 2 is 2.31 bits per heavy atom. The first-order chi connectivity index (χ1) is 6.22. The first kappa shape index (κ1) is 10.5. The van der Waals surface area contributed by atoms with Crippen molar-refractivity contribution in [2.45, 2.75) is 39.1 Å². The summed E-state index contributed by atoms with van der Waals surface area (Å²) in [6.07, 6.45) is 1.42. The van der Waals surface area contributed by atoms with Gasteiger partial charge in [0.15, 0.2) is 6.29 Å². The second-order valence-corrected chi connectivity index (χ2v) is 3.03. The highest BCUT2D eigenvalue weighted by molar-refractivity contribution is 5.66. The molecule has 0 N–H and O–H groups in total. The largest absolute Gasteiger partial charge is 0.460 e. The van der Waals surface area contributed by atoms with Gasteiger partial charge in [-0.2, -0.15) is 0 Å². The quantitative estimate of drug-likeness (QED) is 0.622. The van der Waals surface area contributed by atoms with E-state index in [0.29, 0.717) is 13.2 Å². The van der Waals surface area contributed by atoms with Crippen LogP contribution in [0.3, 0.4) is 0 Å². The summed E-state index contributed by atoms with van der Waals surface area (Å²) in [6, 6.07) is 0. The molecule has 0 amide bonds. The molecule has 2 atom stereocenters. The number of hydrogen-bond donors (Lipinski definition) is 0. The number of esters is 1. The van der Waals surface area contributed by atoms with E-state index < -0.39 is 0 Å². The molecular weight excluding hydrogens is 172 g/mol. The number of carbonyl (C=O) groups is 1. The van der Waals surface area contributed by atoms with Crippen LogP contribution in [0.5, 0.6) is 0 Å². The van der Waals surface area contributed by atoms with Gasteiger partial charge in [-0.25, -0.2) is 0 Å². The molecule has 0 aromatic carbocycles. The lowest BCUT2D eigenvalue weighted by atomic mass is 10.1. The average Bonchev–Trinajstić information content (AvgIpc) is 2.08. The van der Waals surface area contributed by atoms with Crippen LogP contribution >= 0.6 is 0 Å². The molecule has 2 unspecified atom stereocenters. The Hall–Kier alpha value is -0.610. The molecule has 4 heteroatoms. The fourth-order valence-corrected chi connectivity index (χ4v) is 1.35. The van der Waals surface area contributed by atoms with Crippen molar-refractivity contribution in [2.24, 2.45) is 0 Å². The van der Waals surface area contributed by atoms with E-state index in [0.717, 1.165) is 12.8 Å². The third-order valence-electron chi connectivity index (χ3n) is 1.88. The number of carbonyl (C=O) groups excluding carboxylic acids is 1. The molecule has 0 aromatic heterocycles. The van der Waals surface area contributed by atoms with Crippen LogP contribution in [0, 0.1) is 0 Å². The van der Waals surface area contributed by atoms with E-state index in [9.17, 15) is 4.79 Å². The molecule has 1 aliphatic heterocycles. The lowest BCUT2D eigenvalue weighted by molar-refractivity contribution is -0.195. The van der Waals surface area contributed by atoms with Crippen molar-refractivity contribution in [1.82, 2.24) is 0 Å². The molecule has 0 radical (unpaired) electrons. The van der Waals surface area contributed by atoms with Crippen molar-refractivity contribution in [3.63, 3.8) is 0 Å². The monoisotopic (exact) mass is 188 g/mol. The summed E-state index contributed by atoms with van der Waals surface area (Å²) < 4.78 is 15.6. The van der Waals surface area contributed by atoms with Crippen LogP contribution in [-0.2, 0) is 19.0 Å². The van der Waals surface area contributed by atoms with Gasteiger partial charge < -0.3 is 14.2 Å². The summed E-state index contributed by atoms with van der Waals surface area (Å²) in [5, 5.41) is 0. The van der Waals surface area contributed by atoms with E-state index in [1.807, 2.05) is 6.92 Å². The van der Waals surface area contributed by atoms with E-state index in [4.69, 9.17) is 14.2 Å². The lowest BCUT2D eigenvalue weighted by Crippen LogP contribution is -2.33. The molecule has 4 nitrogen and oxygen atoms in total. The van der Waals surface area contributed by atoms with E-state index in [2.05, 4.69) is 0 Å². The highest BCUT2D eigenvalue weighted by atomic mass is 16.7. The Kier molecular flexibility index (Phi) is 4.18. The molecular formula is C9H16O4. The van der Waals surface area contributed by atoms with Crippen molar-refractivity contribution >= 4 is 5.97 Å². The summed E-state index contributed by atoms with van der Waals surface area (Å²) in [5.74, 6) is -0.247. The van der Waals surface area contributed by atoms with Crippen LogP contribution in [0.2, 0.25) is 0 Å². The normalized spacial score (nSPS) is 28.5. The van der Waals surface area contributed by atoms with Gasteiger partial charge >= 0.3 is 5.97 Å². The predicted molar refractivity (Wildman–Crippen MR) is 46.2 cm³/mol. The second kappa shape index (κ2) is 5.19. The maximum atomic E-state index is 10.6. The van der Waals surface area contributed by atoms with Gasteiger partial charge in [0, 0.05) is 20.0 Å². The summed E-state index contributed by atoms with van der Waals surface area (Å²) in [4.78, 5) is 10.6. The van der Waals surface area contributed by atoms with Crippen molar-refractivity contribution in [1.29, 1.82) is 0 Å². The van der Waals surface area contributed by atoms with E-state index >= 15 is 0 Å². The first-order valence-corrected chi connectivity index (χ1v) is 4.62. The molecule has 76 valence electrons. The molecule has 0 aliphatic carbocycles. The Morgan fingerprint density at radius 3 is 2.77 bits per heavy atom. The van der Waals surface area contributed by atoms with Gasteiger partial charge in [0.05, 0.1) is 6.61 Å². The van der Waals surface area contributed by atoms with Gasteiger partial charge in [-0.1, -0.05) is 0 Å². The maximum absolute atomic E-state index is 10.6. The van der Waals surface area contributed by atoms with Crippen molar-refractivity contribution in [2.75, 3.05) is 13.2 Å². The highest BCUT2D eigenvalue weighted by Gasteiger charge is 2.23. The van der Waals surface area contributed by atoms with Crippen molar-refractivity contribution < 1.29 is 19.0 Å². The fourth-order valence-electron chi connectivity index (χ4n) is 1.35. The number of ether oxygens (including phenoxy) is 3. The van der Waals surface area contributed by atoms with Crippen LogP contribution in [0.15, 0.2) is 0 Å². The molecule has 13 heavy (non-hydrogen) atoms.